The number of unbranched alkanes of at least 4 members (excludes halogenated alkanes) is 18. The summed E-state index contributed by atoms with van der Waals surface area (Å²) in [4.78, 5) is 13.5. The summed E-state index contributed by atoms with van der Waals surface area (Å²) in [6.45, 7) is 2.88. The first-order valence-corrected chi connectivity index (χ1v) is 12.3. The van der Waals surface area contributed by atoms with E-state index in [9.17, 15) is 4.79 Å². The minimum atomic E-state index is 0.383. The minimum absolute atomic E-state index is 0.383. The lowest BCUT2D eigenvalue weighted by Crippen LogP contribution is -2.09. The average molecular weight is 381 g/mol. The van der Waals surface area contributed by atoms with Gasteiger partial charge in [-0.15, -0.1) is 0 Å². The van der Waals surface area contributed by atoms with Crippen molar-refractivity contribution in [2.45, 2.75) is 128 Å². The summed E-state index contributed by atoms with van der Waals surface area (Å²) in [5.74, 6) is 0.383. The quantitative estimate of drug-likeness (QED) is 0.180. The fourth-order valence-corrected chi connectivity index (χ4v) is 3.88. The molecule has 0 aliphatic carbocycles. The Balaban J connectivity index is 1.62. The van der Waals surface area contributed by atoms with Crippen molar-refractivity contribution in [1.29, 1.82) is 0 Å². The summed E-state index contributed by atoms with van der Waals surface area (Å²) in [6, 6.07) is 0. The van der Waals surface area contributed by atoms with Crippen molar-refractivity contribution in [2.24, 2.45) is 5.73 Å². The molecule has 0 aromatic carbocycles. The highest BCUT2D eigenvalue weighted by Crippen LogP contribution is 2.15. The zero-order valence-corrected chi connectivity index (χ0v) is 18.2. The van der Waals surface area contributed by atoms with E-state index in [0.717, 1.165) is 32.5 Å². The SMILES string of the molecule is NCCCCCCCCCCCCCCCCCCCCCC(=O)N1CC1. The third-order valence-corrected chi connectivity index (χ3v) is 5.89. The lowest BCUT2D eigenvalue weighted by molar-refractivity contribution is -0.125. The van der Waals surface area contributed by atoms with E-state index in [1.807, 2.05) is 4.90 Å². The summed E-state index contributed by atoms with van der Waals surface area (Å²) in [5.41, 5.74) is 5.51. The van der Waals surface area contributed by atoms with Gasteiger partial charge in [-0.3, -0.25) is 4.79 Å². The van der Waals surface area contributed by atoms with Gasteiger partial charge in [-0.05, 0) is 19.4 Å². The van der Waals surface area contributed by atoms with Crippen molar-refractivity contribution in [3.05, 3.63) is 0 Å². The number of rotatable bonds is 21. The first-order valence-electron chi connectivity index (χ1n) is 12.3. The highest BCUT2D eigenvalue weighted by molar-refractivity contribution is 5.78. The molecule has 0 unspecified atom stereocenters. The molecule has 2 N–H and O–H groups in total. The van der Waals surface area contributed by atoms with Gasteiger partial charge in [0.25, 0.3) is 0 Å². The zero-order valence-electron chi connectivity index (χ0n) is 18.2. The number of nitrogens with two attached hydrogens (primary N) is 1. The molecule has 0 aromatic heterocycles. The summed E-state index contributed by atoms with van der Waals surface area (Å²) >= 11 is 0. The van der Waals surface area contributed by atoms with Crippen LogP contribution in [0.15, 0.2) is 0 Å². The molecule has 1 saturated heterocycles. The van der Waals surface area contributed by atoms with E-state index in [1.165, 1.54) is 116 Å². The molecule has 0 spiro atoms. The molecular formula is C24H48N2O. The van der Waals surface area contributed by atoms with Gasteiger partial charge in [-0.2, -0.15) is 0 Å². The van der Waals surface area contributed by atoms with Gasteiger partial charge in [0.2, 0.25) is 5.91 Å². The third kappa shape index (κ3) is 17.3. The highest BCUT2D eigenvalue weighted by atomic mass is 16.2. The Morgan fingerprint density at radius 1 is 0.519 bits per heavy atom. The van der Waals surface area contributed by atoms with Crippen LogP contribution in [0.3, 0.4) is 0 Å². The van der Waals surface area contributed by atoms with Crippen LogP contribution in [0.4, 0.5) is 0 Å². The molecule has 3 nitrogen and oxygen atoms in total. The standard InChI is InChI=1S/C24H48N2O/c25-21-19-17-15-13-11-9-7-5-3-1-2-4-6-8-10-12-14-16-18-20-24(27)26-22-23-26/h1-23,25H2. The Morgan fingerprint density at radius 2 is 0.815 bits per heavy atom. The first-order chi connectivity index (χ1) is 13.3. The molecule has 1 rings (SSSR count). The van der Waals surface area contributed by atoms with Crippen molar-refractivity contribution >= 4 is 5.91 Å². The van der Waals surface area contributed by atoms with Crippen LogP contribution in [-0.4, -0.2) is 30.4 Å². The van der Waals surface area contributed by atoms with Gasteiger partial charge in [0.05, 0.1) is 0 Å². The maximum absolute atomic E-state index is 11.5. The Labute approximate surface area is 169 Å². The van der Waals surface area contributed by atoms with E-state index in [0.29, 0.717) is 5.91 Å². The number of nitrogens with zero attached hydrogens (tertiary/aromatic N) is 1. The molecule has 0 saturated carbocycles. The smallest absolute Gasteiger partial charge is 0.222 e. The van der Waals surface area contributed by atoms with Crippen molar-refractivity contribution in [1.82, 2.24) is 4.90 Å². The molecule has 1 aliphatic rings. The molecule has 0 atom stereocenters. The lowest BCUT2D eigenvalue weighted by atomic mass is 10.0. The van der Waals surface area contributed by atoms with Gasteiger partial charge in [-0.25, -0.2) is 0 Å². The Bertz CT molecular complexity index is 328. The Hall–Kier alpha value is -0.570. The van der Waals surface area contributed by atoms with Gasteiger partial charge in [0.1, 0.15) is 0 Å². The van der Waals surface area contributed by atoms with Gasteiger partial charge in [0.15, 0.2) is 0 Å². The normalized spacial score (nSPS) is 13.3. The van der Waals surface area contributed by atoms with E-state index < -0.39 is 0 Å². The predicted molar refractivity (Wildman–Crippen MR) is 118 cm³/mol. The van der Waals surface area contributed by atoms with E-state index in [-0.39, 0.29) is 0 Å². The van der Waals surface area contributed by atoms with Gasteiger partial charge < -0.3 is 10.6 Å². The Morgan fingerprint density at radius 3 is 1.11 bits per heavy atom. The molecule has 0 bridgehead atoms. The van der Waals surface area contributed by atoms with Gasteiger partial charge in [0, 0.05) is 19.5 Å². The van der Waals surface area contributed by atoms with Crippen LogP contribution in [0.5, 0.6) is 0 Å². The average Bonchev–Trinajstić information content (AvgIpc) is 3.51. The Kier molecular flexibility index (Phi) is 17.0. The second kappa shape index (κ2) is 18.8. The van der Waals surface area contributed by atoms with Crippen molar-refractivity contribution in [3.8, 4) is 0 Å². The number of carbonyl (C=O) groups excluding carboxylic acids is 1. The monoisotopic (exact) mass is 380 g/mol. The number of hydrogen-bond acceptors (Lipinski definition) is 2. The van der Waals surface area contributed by atoms with Crippen LogP contribution in [0.2, 0.25) is 0 Å². The summed E-state index contributed by atoms with van der Waals surface area (Å²) in [7, 11) is 0. The fourth-order valence-electron chi connectivity index (χ4n) is 3.88. The summed E-state index contributed by atoms with van der Waals surface area (Å²) in [5, 5.41) is 0. The van der Waals surface area contributed by atoms with Crippen molar-refractivity contribution in [3.63, 3.8) is 0 Å². The van der Waals surface area contributed by atoms with Crippen molar-refractivity contribution < 1.29 is 4.79 Å². The van der Waals surface area contributed by atoms with Crippen LogP contribution < -0.4 is 5.73 Å². The maximum Gasteiger partial charge on any atom is 0.222 e. The number of carbonyl (C=O) groups is 1. The van der Waals surface area contributed by atoms with Gasteiger partial charge >= 0.3 is 0 Å². The molecule has 3 heteroatoms. The maximum atomic E-state index is 11.5. The van der Waals surface area contributed by atoms with Crippen LogP contribution in [0.1, 0.15) is 128 Å². The molecule has 1 heterocycles. The topological polar surface area (TPSA) is 46.1 Å². The minimum Gasteiger partial charge on any atom is -0.339 e. The fraction of sp³-hybridized carbons (Fsp3) is 0.958. The molecule has 1 amide bonds. The first kappa shape index (κ1) is 24.5. The number of hydrogen-bond donors (Lipinski definition) is 1. The molecule has 0 radical (unpaired) electrons. The van der Waals surface area contributed by atoms with E-state index >= 15 is 0 Å². The second-order valence-corrected chi connectivity index (χ2v) is 8.64. The summed E-state index contributed by atoms with van der Waals surface area (Å²) < 4.78 is 0. The third-order valence-electron chi connectivity index (χ3n) is 5.89. The lowest BCUT2D eigenvalue weighted by Gasteiger charge is -2.04. The predicted octanol–water partition coefficient (Wildman–Crippen LogP) is 6.59. The van der Waals surface area contributed by atoms with Crippen LogP contribution in [0.25, 0.3) is 0 Å². The van der Waals surface area contributed by atoms with Crippen molar-refractivity contribution in [2.75, 3.05) is 19.6 Å². The highest BCUT2D eigenvalue weighted by Gasteiger charge is 2.22. The van der Waals surface area contributed by atoms with E-state index in [1.54, 1.807) is 0 Å². The largest absolute Gasteiger partial charge is 0.339 e. The molecule has 1 fully saturated rings. The van der Waals surface area contributed by atoms with E-state index in [2.05, 4.69) is 0 Å². The molecule has 0 aromatic rings. The van der Waals surface area contributed by atoms with Gasteiger partial charge in [-0.1, -0.05) is 109 Å². The van der Waals surface area contributed by atoms with Crippen LogP contribution in [0, 0.1) is 0 Å². The summed E-state index contributed by atoms with van der Waals surface area (Å²) in [6.07, 6.45) is 26.9. The van der Waals surface area contributed by atoms with E-state index in [4.69, 9.17) is 5.73 Å². The zero-order chi connectivity index (χ0) is 19.4. The molecule has 160 valence electrons. The van der Waals surface area contributed by atoms with Crippen LogP contribution in [-0.2, 0) is 4.79 Å². The molecule has 1 aliphatic heterocycles. The molecular weight excluding hydrogens is 332 g/mol. The second-order valence-electron chi connectivity index (χ2n) is 8.64. The number of amides is 1. The molecule has 27 heavy (non-hydrogen) atoms. The van der Waals surface area contributed by atoms with Crippen LogP contribution >= 0.6 is 0 Å².